The Bertz CT molecular complexity index is 1020. The zero-order valence-electron chi connectivity index (χ0n) is 13.5. The van der Waals surface area contributed by atoms with Crippen LogP contribution in [0.2, 0.25) is 5.02 Å². The van der Waals surface area contributed by atoms with Crippen LogP contribution < -0.4 is 0 Å². The Labute approximate surface area is 144 Å². The minimum atomic E-state index is 0.701. The topological polar surface area (TPSA) is 62.6 Å². The highest BCUT2D eigenvalue weighted by molar-refractivity contribution is 6.31. The van der Waals surface area contributed by atoms with Crippen molar-refractivity contribution in [2.45, 2.75) is 6.54 Å². The van der Waals surface area contributed by atoms with Gasteiger partial charge in [0.2, 0.25) is 0 Å². The maximum atomic E-state index is 6.19. The first kappa shape index (κ1) is 15.1. The summed E-state index contributed by atoms with van der Waals surface area (Å²) in [5.74, 6) is 0. The Morgan fingerprint density at radius 1 is 1.25 bits per heavy atom. The number of likely N-dealkylation sites (N-methyl/N-ethyl adjacent to an activating group) is 1. The second-order valence-corrected chi connectivity index (χ2v) is 6.44. The molecule has 0 amide bonds. The smallest absolute Gasteiger partial charge is 0.156 e. The van der Waals surface area contributed by atoms with E-state index in [-0.39, 0.29) is 0 Å². The highest BCUT2D eigenvalue weighted by atomic mass is 35.5. The third kappa shape index (κ3) is 2.64. The van der Waals surface area contributed by atoms with Crippen LogP contribution in [0.4, 0.5) is 0 Å². The molecule has 24 heavy (non-hydrogen) atoms. The number of hydrogen-bond donors (Lipinski definition) is 1. The average molecular weight is 341 g/mol. The molecule has 7 heteroatoms. The number of hydrogen-bond acceptors (Lipinski definition) is 4. The summed E-state index contributed by atoms with van der Waals surface area (Å²) in [6, 6.07) is 7.74. The molecule has 4 rings (SSSR count). The highest BCUT2D eigenvalue weighted by Crippen LogP contribution is 2.29. The van der Waals surface area contributed by atoms with E-state index >= 15 is 0 Å². The molecule has 1 aromatic carbocycles. The fraction of sp³-hybridized carbons (Fsp3) is 0.235. The summed E-state index contributed by atoms with van der Waals surface area (Å²) in [4.78, 5) is 14.3. The number of aromatic nitrogens is 5. The summed E-state index contributed by atoms with van der Waals surface area (Å²) in [5.41, 5.74) is 4.21. The highest BCUT2D eigenvalue weighted by Gasteiger charge is 2.15. The van der Waals surface area contributed by atoms with Crippen LogP contribution in [0.15, 0.2) is 36.7 Å². The van der Waals surface area contributed by atoms with E-state index in [0.717, 1.165) is 46.5 Å². The van der Waals surface area contributed by atoms with Gasteiger partial charge >= 0.3 is 0 Å². The van der Waals surface area contributed by atoms with Crippen molar-refractivity contribution in [3.05, 3.63) is 41.7 Å². The van der Waals surface area contributed by atoms with Gasteiger partial charge in [-0.3, -0.25) is 4.68 Å². The third-order valence-electron chi connectivity index (χ3n) is 3.98. The van der Waals surface area contributed by atoms with Gasteiger partial charge < -0.3 is 9.88 Å². The standard InChI is InChI=1S/C17H17ClN6/c1-23(2)7-8-24-15-9-11(18)3-4-12(15)16(22-24)14-10-20-17-13(21-14)5-6-19-17/h3-6,9-10H,7-8H2,1-2H3,(H,19,20). The van der Waals surface area contributed by atoms with Gasteiger partial charge in [-0.05, 0) is 38.4 Å². The molecule has 0 saturated carbocycles. The minimum absolute atomic E-state index is 0.701. The molecule has 0 aliphatic carbocycles. The van der Waals surface area contributed by atoms with Crippen LogP contribution >= 0.6 is 11.6 Å². The van der Waals surface area contributed by atoms with Gasteiger partial charge in [0.05, 0.1) is 18.3 Å². The Morgan fingerprint density at radius 2 is 2.12 bits per heavy atom. The first-order chi connectivity index (χ1) is 11.6. The lowest BCUT2D eigenvalue weighted by molar-refractivity contribution is 0.377. The monoisotopic (exact) mass is 340 g/mol. The molecule has 0 radical (unpaired) electrons. The number of fused-ring (bicyclic) bond motifs is 2. The first-order valence-corrected chi connectivity index (χ1v) is 8.11. The lowest BCUT2D eigenvalue weighted by atomic mass is 10.1. The van der Waals surface area contributed by atoms with Gasteiger partial charge in [0.15, 0.2) is 5.65 Å². The number of benzene rings is 1. The summed E-state index contributed by atoms with van der Waals surface area (Å²) in [6.45, 7) is 1.68. The fourth-order valence-electron chi connectivity index (χ4n) is 2.75. The molecule has 0 fully saturated rings. The van der Waals surface area contributed by atoms with Gasteiger partial charge in [-0.1, -0.05) is 11.6 Å². The molecule has 0 unspecified atom stereocenters. The molecule has 0 aliphatic heterocycles. The third-order valence-corrected chi connectivity index (χ3v) is 4.21. The Morgan fingerprint density at radius 3 is 2.96 bits per heavy atom. The van der Waals surface area contributed by atoms with Crippen LogP contribution in [0.1, 0.15) is 0 Å². The predicted octanol–water partition coefficient (Wildman–Crippen LogP) is 3.19. The first-order valence-electron chi connectivity index (χ1n) is 7.73. The normalized spacial score (nSPS) is 11.8. The molecular weight excluding hydrogens is 324 g/mol. The predicted molar refractivity (Wildman–Crippen MR) is 96.2 cm³/mol. The largest absolute Gasteiger partial charge is 0.345 e. The van der Waals surface area contributed by atoms with Crippen LogP contribution in [-0.2, 0) is 6.54 Å². The van der Waals surface area contributed by atoms with Crippen molar-refractivity contribution < 1.29 is 0 Å². The average Bonchev–Trinajstić information content (AvgIpc) is 3.16. The van der Waals surface area contributed by atoms with Gasteiger partial charge in [0, 0.05) is 23.2 Å². The maximum absolute atomic E-state index is 6.19. The number of H-pyrrole nitrogens is 1. The van der Waals surface area contributed by atoms with E-state index in [4.69, 9.17) is 16.7 Å². The van der Waals surface area contributed by atoms with E-state index in [0.29, 0.717) is 5.02 Å². The Balaban J connectivity index is 1.87. The molecule has 122 valence electrons. The summed E-state index contributed by atoms with van der Waals surface area (Å²) >= 11 is 6.19. The van der Waals surface area contributed by atoms with Crippen molar-refractivity contribution in [1.82, 2.24) is 29.6 Å². The molecule has 0 saturated heterocycles. The van der Waals surface area contributed by atoms with Crippen LogP contribution in [-0.4, -0.2) is 50.3 Å². The van der Waals surface area contributed by atoms with E-state index in [1.165, 1.54) is 0 Å². The van der Waals surface area contributed by atoms with Crippen molar-refractivity contribution in [2.24, 2.45) is 0 Å². The van der Waals surface area contributed by atoms with Crippen molar-refractivity contribution in [2.75, 3.05) is 20.6 Å². The second kappa shape index (κ2) is 5.89. The van der Waals surface area contributed by atoms with Gasteiger partial charge in [-0.15, -0.1) is 0 Å². The number of aromatic amines is 1. The van der Waals surface area contributed by atoms with Gasteiger partial charge in [0.25, 0.3) is 0 Å². The zero-order chi connectivity index (χ0) is 16.7. The molecule has 0 aliphatic rings. The van der Waals surface area contributed by atoms with Crippen LogP contribution in [0.25, 0.3) is 33.5 Å². The molecular formula is C17H17ClN6. The quantitative estimate of drug-likeness (QED) is 0.619. The van der Waals surface area contributed by atoms with Gasteiger partial charge in [-0.25, -0.2) is 9.97 Å². The van der Waals surface area contributed by atoms with E-state index in [2.05, 4.69) is 19.9 Å². The van der Waals surface area contributed by atoms with E-state index in [1.807, 2.05) is 49.2 Å². The van der Waals surface area contributed by atoms with Crippen molar-refractivity contribution in [3.8, 4) is 11.4 Å². The molecule has 3 aromatic heterocycles. The van der Waals surface area contributed by atoms with Crippen molar-refractivity contribution >= 4 is 33.7 Å². The number of halogens is 1. The zero-order valence-corrected chi connectivity index (χ0v) is 14.2. The lowest BCUT2D eigenvalue weighted by Gasteiger charge is -2.09. The fourth-order valence-corrected chi connectivity index (χ4v) is 2.91. The maximum Gasteiger partial charge on any atom is 0.156 e. The Kier molecular flexibility index (Phi) is 3.70. The molecule has 0 atom stereocenters. The van der Waals surface area contributed by atoms with Gasteiger partial charge in [0.1, 0.15) is 16.9 Å². The van der Waals surface area contributed by atoms with Crippen LogP contribution in [0.5, 0.6) is 0 Å². The number of nitrogens with zero attached hydrogens (tertiary/aromatic N) is 5. The number of nitrogens with one attached hydrogen (secondary N) is 1. The molecule has 6 nitrogen and oxygen atoms in total. The van der Waals surface area contributed by atoms with Crippen LogP contribution in [0, 0.1) is 0 Å². The summed E-state index contributed by atoms with van der Waals surface area (Å²) < 4.78 is 1.99. The molecule has 4 aromatic rings. The SMILES string of the molecule is CN(C)CCn1nc(-c2cnc3[nH]ccc3n2)c2ccc(Cl)cc21. The van der Waals surface area contributed by atoms with Crippen molar-refractivity contribution in [3.63, 3.8) is 0 Å². The molecule has 3 heterocycles. The lowest BCUT2D eigenvalue weighted by Crippen LogP contribution is -2.19. The van der Waals surface area contributed by atoms with Crippen LogP contribution in [0.3, 0.4) is 0 Å². The Hall–Kier alpha value is -2.44. The summed E-state index contributed by atoms with van der Waals surface area (Å²) in [7, 11) is 4.09. The number of rotatable bonds is 4. The molecule has 1 N–H and O–H groups in total. The molecule has 0 bridgehead atoms. The van der Waals surface area contributed by atoms with Crippen molar-refractivity contribution in [1.29, 1.82) is 0 Å². The van der Waals surface area contributed by atoms with Gasteiger partial charge in [-0.2, -0.15) is 5.10 Å². The summed E-state index contributed by atoms with van der Waals surface area (Å²) in [5, 5.41) is 6.51. The molecule has 0 spiro atoms. The second-order valence-electron chi connectivity index (χ2n) is 6.00. The summed E-state index contributed by atoms with van der Waals surface area (Å²) in [6.07, 6.45) is 3.59. The van der Waals surface area contributed by atoms with E-state index < -0.39 is 0 Å². The van der Waals surface area contributed by atoms with E-state index in [9.17, 15) is 0 Å². The minimum Gasteiger partial charge on any atom is -0.345 e. The van der Waals surface area contributed by atoms with E-state index in [1.54, 1.807) is 6.20 Å².